The van der Waals surface area contributed by atoms with Gasteiger partial charge >= 0.3 is 0 Å². The van der Waals surface area contributed by atoms with E-state index in [0.29, 0.717) is 5.91 Å². The molecule has 0 aromatic carbocycles. The maximum Gasteiger partial charge on any atom is 0.222 e. The summed E-state index contributed by atoms with van der Waals surface area (Å²) in [5, 5.41) is 0. The Hall–Kier alpha value is -0.530. The van der Waals surface area contributed by atoms with Gasteiger partial charge in [0.25, 0.3) is 0 Å². The Morgan fingerprint density at radius 3 is 2.50 bits per heavy atom. The summed E-state index contributed by atoms with van der Waals surface area (Å²) in [4.78, 5) is 14.3. The van der Waals surface area contributed by atoms with Crippen molar-refractivity contribution >= 4 is 5.91 Å². The molecule has 0 aromatic rings. The standard InChI is InChI=1S/C14H23NO/c16-14(15-6-2-1-3-7-15)10-13-9-11-4-5-12(13)8-11/h11-13H,1-10H2/t11-,12+,13-/m0/s1. The van der Waals surface area contributed by atoms with Crippen molar-refractivity contribution in [3.8, 4) is 0 Å². The van der Waals surface area contributed by atoms with Crippen molar-refractivity contribution in [1.82, 2.24) is 4.90 Å². The van der Waals surface area contributed by atoms with E-state index in [0.717, 1.165) is 37.3 Å². The van der Waals surface area contributed by atoms with Gasteiger partial charge in [-0.15, -0.1) is 0 Å². The molecule has 0 radical (unpaired) electrons. The zero-order chi connectivity index (χ0) is 11.0. The van der Waals surface area contributed by atoms with Crippen molar-refractivity contribution < 1.29 is 4.79 Å². The van der Waals surface area contributed by atoms with Gasteiger partial charge in [-0.2, -0.15) is 0 Å². The van der Waals surface area contributed by atoms with E-state index in [1.165, 1.54) is 44.9 Å². The first-order valence-electron chi connectivity index (χ1n) is 7.10. The van der Waals surface area contributed by atoms with Crippen LogP contribution in [0.3, 0.4) is 0 Å². The fraction of sp³-hybridized carbons (Fsp3) is 0.929. The van der Waals surface area contributed by atoms with E-state index in [9.17, 15) is 4.79 Å². The molecule has 90 valence electrons. The molecular weight excluding hydrogens is 198 g/mol. The predicted molar refractivity (Wildman–Crippen MR) is 64.0 cm³/mol. The van der Waals surface area contributed by atoms with Crippen molar-refractivity contribution in [1.29, 1.82) is 0 Å². The first kappa shape index (κ1) is 10.6. The lowest BCUT2D eigenvalue weighted by Crippen LogP contribution is -2.37. The van der Waals surface area contributed by atoms with Crippen molar-refractivity contribution in [2.75, 3.05) is 13.1 Å². The summed E-state index contributed by atoms with van der Waals surface area (Å²) >= 11 is 0. The normalized spacial score (nSPS) is 38.0. The van der Waals surface area contributed by atoms with Crippen LogP contribution < -0.4 is 0 Å². The summed E-state index contributed by atoms with van der Waals surface area (Å²) < 4.78 is 0. The number of fused-ring (bicyclic) bond motifs is 2. The molecule has 2 saturated carbocycles. The molecular formula is C14H23NO. The van der Waals surface area contributed by atoms with E-state index < -0.39 is 0 Å². The van der Waals surface area contributed by atoms with Crippen molar-refractivity contribution in [2.24, 2.45) is 17.8 Å². The smallest absolute Gasteiger partial charge is 0.222 e. The van der Waals surface area contributed by atoms with E-state index in [-0.39, 0.29) is 0 Å². The van der Waals surface area contributed by atoms with Crippen LogP contribution in [0.5, 0.6) is 0 Å². The molecule has 1 amide bonds. The second-order valence-electron chi connectivity index (χ2n) is 6.08. The summed E-state index contributed by atoms with van der Waals surface area (Å²) in [7, 11) is 0. The number of piperidine rings is 1. The van der Waals surface area contributed by atoms with Gasteiger partial charge in [-0.3, -0.25) is 4.79 Å². The van der Waals surface area contributed by atoms with Gasteiger partial charge in [0.05, 0.1) is 0 Å². The van der Waals surface area contributed by atoms with E-state index in [2.05, 4.69) is 4.90 Å². The van der Waals surface area contributed by atoms with Gasteiger partial charge in [0.1, 0.15) is 0 Å². The monoisotopic (exact) mass is 221 g/mol. The minimum Gasteiger partial charge on any atom is -0.343 e. The number of carbonyl (C=O) groups excluding carboxylic acids is 1. The molecule has 3 atom stereocenters. The highest BCUT2D eigenvalue weighted by atomic mass is 16.2. The lowest BCUT2D eigenvalue weighted by atomic mass is 9.86. The van der Waals surface area contributed by atoms with Crippen LogP contribution in [0.1, 0.15) is 51.4 Å². The van der Waals surface area contributed by atoms with Gasteiger partial charge in [-0.05, 0) is 56.3 Å². The highest BCUT2D eigenvalue weighted by molar-refractivity contribution is 5.76. The highest BCUT2D eigenvalue weighted by Crippen LogP contribution is 2.49. The van der Waals surface area contributed by atoms with Crippen LogP contribution in [0, 0.1) is 17.8 Å². The molecule has 2 bridgehead atoms. The number of hydrogen-bond donors (Lipinski definition) is 0. The van der Waals surface area contributed by atoms with Gasteiger partial charge in [-0.1, -0.05) is 6.42 Å². The third-order valence-corrected chi connectivity index (χ3v) is 5.03. The van der Waals surface area contributed by atoms with Crippen LogP contribution in [0.2, 0.25) is 0 Å². The van der Waals surface area contributed by atoms with E-state index in [1.807, 2.05) is 0 Å². The number of nitrogens with zero attached hydrogens (tertiary/aromatic N) is 1. The van der Waals surface area contributed by atoms with E-state index in [4.69, 9.17) is 0 Å². The Balaban J connectivity index is 1.52. The lowest BCUT2D eigenvalue weighted by molar-refractivity contribution is -0.133. The molecule has 3 rings (SSSR count). The van der Waals surface area contributed by atoms with Gasteiger partial charge in [-0.25, -0.2) is 0 Å². The fourth-order valence-corrected chi connectivity index (χ4v) is 4.12. The Morgan fingerprint density at radius 2 is 1.88 bits per heavy atom. The molecule has 0 N–H and O–H groups in total. The zero-order valence-corrected chi connectivity index (χ0v) is 10.2. The average molecular weight is 221 g/mol. The molecule has 1 saturated heterocycles. The molecule has 0 aromatic heterocycles. The zero-order valence-electron chi connectivity index (χ0n) is 10.2. The predicted octanol–water partition coefficient (Wildman–Crippen LogP) is 2.83. The molecule has 16 heavy (non-hydrogen) atoms. The minimum absolute atomic E-state index is 0.456. The first-order valence-corrected chi connectivity index (χ1v) is 7.10. The molecule has 2 nitrogen and oxygen atoms in total. The van der Waals surface area contributed by atoms with Crippen LogP contribution >= 0.6 is 0 Å². The van der Waals surface area contributed by atoms with Gasteiger partial charge < -0.3 is 4.90 Å². The summed E-state index contributed by atoms with van der Waals surface area (Å²) in [6.07, 6.45) is 10.3. The summed E-state index contributed by atoms with van der Waals surface area (Å²) in [6.45, 7) is 2.05. The highest BCUT2D eigenvalue weighted by Gasteiger charge is 2.40. The topological polar surface area (TPSA) is 20.3 Å². The molecule has 1 aliphatic heterocycles. The SMILES string of the molecule is O=C(C[C@@H]1C[C@H]2CC[C@@H]1C2)N1CCCCC1. The molecule has 1 heterocycles. The Bertz CT molecular complexity index is 270. The maximum absolute atomic E-state index is 12.2. The minimum atomic E-state index is 0.456. The Labute approximate surface area is 98.4 Å². The quantitative estimate of drug-likeness (QED) is 0.702. The largest absolute Gasteiger partial charge is 0.343 e. The second-order valence-corrected chi connectivity index (χ2v) is 6.08. The molecule has 2 aliphatic carbocycles. The summed E-state index contributed by atoms with van der Waals surface area (Å²) in [5.74, 6) is 3.08. The number of rotatable bonds is 2. The first-order chi connectivity index (χ1) is 7.83. The second kappa shape index (κ2) is 4.38. The van der Waals surface area contributed by atoms with Gasteiger partial charge in [0, 0.05) is 19.5 Å². The summed E-state index contributed by atoms with van der Waals surface area (Å²) in [5.41, 5.74) is 0. The third-order valence-electron chi connectivity index (χ3n) is 5.03. The van der Waals surface area contributed by atoms with Crippen molar-refractivity contribution in [3.63, 3.8) is 0 Å². The summed E-state index contributed by atoms with van der Waals surface area (Å²) in [6, 6.07) is 0. The van der Waals surface area contributed by atoms with Crippen LogP contribution in [-0.2, 0) is 4.79 Å². The third kappa shape index (κ3) is 1.99. The lowest BCUT2D eigenvalue weighted by Gasteiger charge is -2.29. The van der Waals surface area contributed by atoms with Crippen LogP contribution in [0.25, 0.3) is 0 Å². The fourth-order valence-electron chi connectivity index (χ4n) is 4.12. The Morgan fingerprint density at radius 1 is 1.06 bits per heavy atom. The number of carbonyl (C=O) groups is 1. The van der Waals surface area contributed by atoms with E-state index >= 15 is 0 Å². The molecule has 3 fully saturated rings. The van der Waals surface area contributed by atoms with Gasteiger partial charge in [0.2, 0.25) is 5.91 Å². The van der Waals surface area contributed by atoms with Crippen LogP contribution in [0.15, 0.2) is 0 Å². The average Bonchev–Trinajstić information content (AvgIpc) is 2.92. The maximum atomic E-state index is 12.2. The molecule has 2 heteroatoms. The Kier molecular flexibility index (Phi) is 2.91. The van der Waals surface area contributed by atoms with Crippen molar-refractivity contribution in [2.45, 2.75) is 51.4 Å². The number of likely N-dealkylation sites (tertiary alicyclic amines) is 1. The molecule has 0 unspecified atom stereocenters. The molecule has 0 spiro atoms. The van der Waals surface area contributed by atoms with E-state index in [1.54, 1.807) is 0 Å². The molecule has 3 aliphatic rings. The number of amides is 1. The van der Waals surface area contributed by atoms with Crippen molar-refractivity contribution in [3.05, 3.63) is 0 Å². The number of hydrogen-bond acceptors (Lipinski definition) is 1. The van der Waals surface area contributed by atoms with Crippen LogP contribution in [0.4, 0.5) is 0 Å². The van der Waals surface area contributed by atoms with Gasteiger partial charge in [0.15, 0.2) is 0 Å². The van der Waals surface area contributed by atoms with Crippen LogP contribution in [-0.4, -0.2) is 23.9 Å².